The third-order valence-electron chi connectivity index (χ3n) is 0.652. The van der Waals surface area contributed by atoms with Gasteiger partial charge in [-0.3, -0.25) is 4.79 Å². The van der Waals surface area contributed by atoms with Crippen LogP contribution in [0.15, 0.2) is 17.1 Å². The first-order chi connectivity index (χ1) is 4.31. The van der Waals surface area contributed by atoms with Crippen LogP contribution in [-0.2, 0) is 4.79 Å². The third-order valence-corrected chi connectivity index (χ3v) is 0.743. The summed E-state index contributed by atoms with van der Waals surface area (Å²) in [6.07, 6.45) is 3.93. The molecule has 0 atom stereocenters. The van der Waals surface area contributed by atoms with Gasteiger partial charge in [-0.1, -0.05) is 13.0 Å². The van der Waals surface area contributed by atoms with Gasteiger partial charge < -0.3 is 0 Å². The zero-order valence-electron chi connectivity index (χ0n) is 5.13. The van der Waals surface area contributed by atoms with Crippen molar-refractivity contribution in [2.45, 2.75) is 13.3 Å². The summed E-state index contributed by atoms with van der Waals surface area (Å²) < 4.78 is 0. The van der Waals surface area contributed by atoms with E-state index >= 15 is 0 Å². The predicted molar refractivity (Wildman–Crippen MR) is 39.5 cm³/mol. The highest BCUT2D eigenvalue weighted by Gasteiger charge is 1.84. The number of hydrogen-bond donors (Lipinski definition) is 0. The van der Waals surface area contributed by atoms with Gasteiger partial charge in [0.2, 0.25) is 0 Å². The lowest BCUT2D eigenvalue weighted by molar-refractivity contribution is -0.113. The Morgan fingerprint density at radius 2 is 2.56 bits per heavy atom. The summed E-state index contributed by atoms with van der Waals surface area (Å²) in [6.45, 7) is 1.94. The molecule has 0 spiro atoms. The molecule has 0 aliphatic heterocycles. The van der Waals surface area contributed by atoms with Crippen molar-refractivity contribution in [3.63, 3.8) is 0 Å². The minimum Gasteiger partial charge on any atom is -0.267 e. The van der Waals surface area contributed by atoms with Crippen LogP contribution in [0.2, 0.25) is 0 Å². The molecule has 0 radical (unpaired) electrons. The Bertz CT molecular complexity index is 168. The van der Waals surface area contributed by atoms with E-state index in [2.05, 4.69) is 17.2 Å². The highest BCUT2D eigenvalue weighted by atomic mass is 32.1. The van der Waals surface area contributed by atoms with E-state index in [4.69, 9.17) is 0 Å². The maximum Gasteiger partial charge on any atom is 0.278 e. The topological polar surface area (TPSA) is 29.4 Å². The van der Waals surface area contributed by atoms with E-state index in [1.54, 1.807) is 6.08 Å². The van der Waals surface area contributed by atoms with Gasteiger partial charge in [-0.05, 0) is 18.6 Å². The first-order valence-electron chi connectivity index (χ1n) is 2.59. The number of hydrogen-bond acceptors (Lipinski definition) is 2. The molecule has 1 amide bonds. The largest absolute Gasteiger partial charge is 0.278 e. The molecule has 0 bridgehead atoms. The van der Waals surface area contributed by atoms with E-state index < -0.39 is 0 Å². The van der Waals surface area contributed by atoms with Crippen LogP contribution in [0.5, 0.6) is 0 Å². The molecule has 48 valence electrons. The summed E-state index contributed by atoms with van der Waals surface area (Å²) in [5.41, 5.74) is 0. The SMILES string of the molecule is CC/C=C\C(=O)N=C=S. The quantitative estimate of drug-likeness (QED) is 0.332. The molecule has 0 N–H and O–H groups in total. The molecule has 0 aliphatic carbocycles. The summed E-state index contributed by atoms with van der Waals surface area (Å²) in [4.78, 5) is 13.6. The number of aliphatic imine (C=N–C) groups is 1. The minimum atomic E-state index is -0.341. The molecule has 3 heteroatoms. The number of thiocarbonyl (C=S) groups is 1. The fourth-order valence-electron chi connectivity index (χ4n) is 0.301. The van der Waals surface area contributed by atoms with Crippen molar-refractivity contribution in [2.24, 2.45) is 4.99 Å². The van der Waals surface area contributed by atoms with Gasteiger partial charge in [0.05, 0.1) is 5.16 Å². The Balaban J connectivity index is 3.77. The average molecular weight is 141 g/mol. The molecule has 0 aliphatic rings. The molecule has 0 aromatic rings. The van der Waals surface area contributed by atoms with Gasteiger partial charge in [-0.25, -0.2) is 0 Å². The molecule has 0 saturated heterocycles. The zero-order valence-corrected chi connectivity index (χ0v) is 5.94. The lowest BCUT2D eigenvalue weighted by Gasteiger charge is -1.75. The second kappa shape index (κ2) is 5.35. The fraction of sp³-hybridized carbons (Fsp3) is 0.333. The summed E-state index contributed by atoms with van der Waals surface area (Å²) in [6, 6.07) is 0. The summed E-state index contributed by atoms with van der Waals surface area (Å²) in [5.74, 6) is -0.341. The lowest BCUT2D eigenvalue weighted by atomic mass is 10.4. The molecule has 0 fully saturated rings. The Morgan fingerprint density at radius 3 is 3.00 bits per heavy atom. The molecule has 0 heterocycles. The Kier molecular flexibility index (Phi) is 4.88. The number of allylic oxidation sites excluding steroid dienone is 1. The maximum absolute atomic E-state index is 10.4. The van der Waals surface area contributed by atoms with Crippen LogP contribution in [0.25, 0.3) is 0 Å². The van der Waals surface area contributed by atoms with E-state index in [-0.39, 0.29) is 5.91 Å². The predicted octanol–water partition coefficient (Wildman–Crippen LogP) is 1.58. The van der Waals surface area contributed by atoms with Crippen LogP contribution in [0.4, 0.5) is 0 Å². The molecule has 9 heavy (non-hydrogen) atoms. The van der Waals surface area contributed by atoms with Gasteiger partial charge in [-0.15, -0.1) is 0 Å². The first-order valence-corrected chi connectivity index (χ1v) is 3.00. The van der Waals surface area contributed by atoms with Gasteiger partial charge in [0, 0.05) is 6.08 Å². The normalized spacial score (nSPS) is 9.00. The van der Waals surface area contributed by atoms with Gasteiger partial charge in [-0.2, -0.15) is 4.99 Å². The van der Waals surface area contributed by atoms with E-state index in [0.29, 0.717) is 0 Å². The van der Waals surface area contributed by atoms with Gasteiger partial charge in [0.1, 0.15) is 0 Å². The van der Waals surface area contributed by atoms with E-state index in [1.165, 1.54) is 6.08 Å². The maximum atomic E-state index is 10.4. The molecule has 0 aromatic carbocycles. The Morgan fingerprint density at radius 1 is 1.89 bits per heavy atom. The minimum absolute atomic E-state index is 0.341. The van der Waals surface area contributed by atoms with Gasteiger partial charge >= 0.3 is 0 Å². The number of carbonyl (C=O) groups is 1. The van der Waals surface area contributed by atoms with Crippen molar-refractivity contribution in [2.75, 3.05) is 0 Å². The van der Waals surface area contributed by atoms with Crippen LogP contribution >= 0.6 is 12.2 Å². The molecule has 0 unspecified atom stereocenters. The summed E-state index contributed by atoms with van der Waals surface area (Å²) in [5, 5.41) is 1.98. The first kappa shape index (κ1) is 8.21. The second-order valence-corrected chi connectivity index (χ2v) is 1.53. The van der Waals surface area contributed by atoms with E-state index in [9.17, 15) is 4.79 Å². The molecule has 0 rings (SSSR count). The van der Waals surface area contributed by atoms with E-state index in [0.717, 1.165) is 6.42 Å². The van der Waals surface area contributed by atoms with Crippen LogP contribution in [-0.4, -0.2) is 11.1 Å². The average Bonchev–Trinajstić information content (AvgIpc) is 1.85. The fourth-order valence-corrected chi connectivity index (χ4v) is 0.391. The van der Waals surface area contributed by atoms with Crippen molar-refractivity contribution in [1.29, 1.82) is 0 Å². The highest BCUT2D eigenvalue weighted by molar-refractivity contribution is 7.78. The number of nitrogens with zero attached hydrogens (tertiary/aromatic N) is 1. The number of isothiocyanates is 1. The van der Waals surface area contributed by atoms with E-state index in [1.807, 2.05) is 12.1 Å². The molecule has 2 nitrogen and oxygen atoms in total. The van der Waals surface area contributed by atoms with Crippen LogP contribution in [0.3, 0.4) is 0 Å². The van der Waals surface area contributed by atoms with Crippen molar-refractivity contribution in [1.82, 2.24) is 0 Å². The molecular weight excluding hydrogens is 134 g/mol. The standard InChI is InChI=1S/C6H7NOS/c1-2-3-4-6(8)7-5-9/h3-4H,2H2,1H3/b4-3-. The Labute approximate surface area is 59.3 Å². The molecular formula is C6H7NOS. The zero-order chi connectivity index (χ0) is 7.11. The van der Waals surface area contributed by atoms with Crippen molar-refractivity contribution >= 4 is 23.3 Å². The monoisotopic (exact) mass is 141 g/mol. The van der Waals surface area contributed by atoms with Gasteiger partial charge in [0.25, 0.3) is 5.91 Å². The Hall–Kier alpha value is -0.790. The molecule has 0 aromatic heterocycles. The van der Waals surface area contributed by atoms with Crippen LogP contribution < -0.4 is 0 Å². The third kappa shape index (κ3) is 5.07. The van der Waals surface area contributed by atoms with Crippen molar-refractivity contribution < 1.29 is 4.79 Å². The molecule has 0 saturated carbocycles. The smallest absolute Gasteiger partial charge is 0.267 e. The lowest BCUT2D eigenvalue weighted by Crippen LogP contribution is -1.82. The number of carbonyl (C=O) groups excluding carboxylic acids is 1. The highest BCUT2D eigenvalue weighted by Crippen LogP contribution is 1.81. The van der Waals surface area contributed by atoms with Crippen LogP contribution in [0.1, 0.15) is 13.3 Å². The van der Waals surface area contributed by atoms with Crippen molar-refractivity contribution in [3.05, 3.63) is 12.2 Å². The van der Waals surface area contributed by atoms with Gasteiger partial charge in [0.15, 0.2) is 0 Å². The van der Waals surface area contributed by atoms with Crippen molar-refractivity contribution in [3.8, 4) is 0 Å². The van der Waals surface area contributed by atoms with Crippen LogP contribution in [0, 0.1) is 0 Å². The summed E-state index contributed by atoms with van der Waals surface area (Å²) in [7, 11) is 0. The number of amides is 1. The number of rotatable bonds is 2. The summed E-state index contributed by atoms with van der Waals surface area (Å²) >= 11 is 4.21. The second-order valence-electron chi connectivity index (χ2n) is 1.35.